The van der Waals surface area contributed by atoms with Gasteiger partial charge in [-0.2, -0.15) is 5.10 Å². The molecule has 7 heteroatoms. The molecule has 2 aliphatic heterocycles. The number of morpholine rings is 1. The minimum absolute atomic E-state index is 0.0263. The summed E-state index contributed by atoms with van der Waals surface area (Å²) in [5, 5.41) is 4.15. The lowest BCUT2D eigenvalue weighted by atomic mass is 10.2. The van der Waals surface area contributed by atoms with Crippen LogP contribution in [0.4, 0.5) is 0 Å². The Morgan fingerprint density at radius 3 is 2.62 bits per heavy atom. The summed E-state index contributed by atoms with van der Waals surface area (Å²) >= 11 is 0. The fourth-order valence-corrected chi connectivity index (χ4v) is 3.41. The fourth-order valence-electron chi connectivity index (χ4n) is 3.41. The van der Waals surface area contributed by atoms with Gasteiger partial charge in [0.15, 0.2) is 6.10 Å². The SMILES string of the molecule is CCn1nccc1C(=O)N1CCO[C@H](C(=O)N2CCCCCC2)C1. The average molecular weight is 334 g/mol. The molecule has 132 valence electrons. The van der Waals surface area contributed by atoms with Gasteiger partial charge < -0.3 is 14.5 Å². The fraction of sp³-hybridized carbons (Fsp3) is 0.706. The van der Waals surface area contributed by atoms with E-state index in [-0.39, 0.29) is 11.8 Å². The number of aryl methyl sites for hydroxylation is 1. The topological polar surface area (TPSA) is 67.7 Å². The first kappa shape index (κ1) is 17.0. The van der Waals surface area contributed by atoms with Crippen LogP contribution >= 0.6 is 0 Å². The summed E-state index contributed by atoms with van der Waals surface area (Å²) in [4.78, 5) is 29.1. The first-order valence-electron chi connectivity index (χ1n) is 8.92. The van der Waals surface area contributed by atoms with Gasteiger partial charge in [-0.25, -0.2) is 0 Å². The average Bonchev–Trinajstić information content (AvgIpc) is 2.94. The Hall–Kier alpha value is -1.89. The zero-order chi connectivity index (χ0) is 16.9. The first-order chi connectivity index (χ1) is 11.7. The van der Waals surface area contributed by atoms with Crippen LogP contribution in [0, 0.1) is 0 Å². The Kier molecular flexibility index (Phi) is 5.50. The van der Waals surface area contributed by atoms with Crippen LogP contribution in [0.25, 0.3) is 0 Å². The molecule has 2 aliphatic rings. The highest BCUT2D eigenvalue weighted by molar-refractivity contribution is 5.93. The molecule has 0 N–H and O–H groups in total. The number of nitrogens with zero attached hydrogens (tertiary/aromatic N) is 4. The van der Waals surface area contributed by atoms with E-state index in [0.29, 0.717) is 31.9 Å². The smallest absolute Gasteiger partial charge is 0.272 e. The summed E-state index contributed by atoms with van der Waals surface area (Å²) in [6.45, 7) is 5.44. The van der Waals surface area contributed by atoms with E-state index in [4.69, 9.17) is 4.74 Å². The second-order valence-electron chi connectivity index (χ2n) is 6.38. The van der Waals surface area contributed by atoms with E-state index >= 15 is 0 Å². The maximum Gasteiger partial charge on any atom is 0.272 e. The van der Waals surface area contributed by atoms with Gasteiger partial charge in [-0.15, -0.1) is 0 Å². The summed E-state index contributed by atoms with van der Waals surface area (Å²) in [7, 11) is 0. The summed E-state index contributed by atoms with van der Waals surface area (Å²) < 4.78 is 7.36. The number of carbonyl (C=O) groups excluding carboxylic acids is 2. The van der Waals surface area contributed by atoms with Crippen molar-refractivity contribution < 1.29 is 14.3 Å². The zero-order valence-electron chi connectivity index (χ0n) is 14.3. The molecular formula is C17H26N4O3. The normalized spacial score (nSPS) is 22.3. The van der Waals surface area contributed by atoms with Crippen molar-refractivity contribution in [2.24, 2.45) is 0 Å². The highest BCUT2D eigenvalue weighted by Gasteiger charge is 2.33. The minimum Gasteiger partial charge on any atom is -0.365 e. The second kappa shape index (κ2) is 7.79. The standard InChI is InChI=1S/C17H26N4O3/c1-2-21-14(7-8-18-21)16(22)20-11-12-24-15(13-20)17(23)19-9-5-3-4-6-10-19/h7-8,15H,2-6,9-13H2,1H3/t15-/m0/s1. The number of likely N-dealkylation sites (tertiary alicyclic amines) is 1. The van der Waals surface area contributed by atoms with Gasteiger partial charge in [0.1, 0.15) is 5.69 Å². The van der Waals surface area contributed by atoms with E-state index in [2.05, 4.69) is 5.10 Å². The Labute approximate surface area is 142 Å². The second-order valence-corrected chi connectivity index (χ2v) is 6.38. The summed E-state index contributed by atoms with van der Waals surface area (Å²) in [5.74, 6) is -0.0512. The van der Waals surface area contributed by atoms with Crippen molar-refractivity contribution in [3.63, 3.8) is 0 Å². The molecule has 2 amide bonds. The monoisotopic (exact) mass is 334 g/mol. The Morgan fingerprint density at radius 1 is 1.17 bits per heavy atom. The first-order valence-corrected chi connectivity index (χ1v) is 8.92. The van der Waals surface area contributed by atoms with Gasteiger partial charge in [-0.05, 0) is 25.8 Å². The van der Waals surface area contributed by atoms with Crippen LogP contribution in [0.3, 0.4) is 0 Å². The lowest BCUT2D eigenvalue weighted by Gasteiger charge is -2.34. The van der Waals surface area contributed by atoms with E-state index in [1.54, 1.807) is 21.8 Å². The highest BCUT2D eigenvalue weighted by atomic mass is 16.5. The van der Waals surface area contributed by atoms with E-state index in [1.165, 1.54) is 12.8 Å². The Morgan fingerprint density at radius 2 is 1.92 bits per heavy atom. The summed E-state index contributed by atoms with van der Waals surface area (Å²) in [6.07, 6.45) is 5.56. The van der Waals surface area contributed by atoms with Gasteiger partial charge in [-0.3, -0.25) is 14.3 Å². The highest BCUT2D eigenvalue weighted by Crippen LogP contribution is 2.16. The van der Waals surface area contributed by atoms with Gasteiger partial charge in [0.25, 0.3) is 11.8 Å². The van der Waals surface area contributed by atoms with Crippen LogP contribution in [-0.2, 0) is 16.1 Å². The molecule has 7 nitrogen and oxygen atoms in total. The van der Waals surface area contributed by atoms with Gasteiger partial charge >= 0.3 is 0 Å². The molecule has 2 fully saturated rings. The molecular weight excluding hydrogens is 308 g/mol. The number of rotatable bonds is 3. The molecule has 1 aromatic heterocycles. The molecule has 1 aromatic rings. The lowest BCUT2D eigenvalue weighted by molar-refractivity contribution is -0.148. The molecule has 3 heterocycles. The third-order valence-corrected chi connectivity index (χ3v) is 4.78. The van der Waals surface area contributed by atoms with Gasteiger partial charge in [-0.1, -0.05) is 12.8 Å². The summed E-state index contributed by atoms with van der Waals surface area (Å²) in [5.41, 5.74) is 0.570. The molecule has 0 unspecified atom stereocenters. The van der Waals surface area contributed by atoms with E-state index in [9.17, 15) is 9.59 Å². The van der Waals surface area contributed by atoms with Crippen LogP contribution < -0.4 is 0 Å². The van der Waals surface area contributed by atoms with Gasteiger partial charge in [0, 0.05) is 32.4 Å². The van der Waals surface area contributed by atoms with Crippen molar-refractivity contribution in [3.8, 4) is 0 Å². The molecule has 0 spiro atoms. The predicted octanol–water partition coefficient (Wildman–Crippen LogP) is 1.15. The molecule has 24 heavy (non-hydrogen) atoms. The zero-order valence-corrected chi connectivity index (χ0v) is 14.3. The Bertz CT molecular complexity index is 578. The summed E-state index contributed by atoms with van der Waals surface area (Å²) in [6, 6.07) is 1.73. The molecule has 0 bridgehead atoms. The van der Waals surface area contributed by atoms with E-state index in [1.807, 2.05) is 11.8 Å². The van der Waals surface area contributed by atoms with Crippen LogP contribution in [0.1, 0.15) is 43.1 Å². The molecule has 0 saturated carbocycles. The van der Waals surface area contributed by atoms with Crippen molar-refractivity contribution in [1.82, 2.24) is 19.6 Å². The number of ether oxygens (including phenoxy) is 1. The number of aromatic nitrogens is 2. The van der Waals surface area contributed by atoms with Crippen LogP contribution in [0.2, 0.25) is 0 Å². The van der Waals surface area contributed by atoms with Crippen molar-refractivity contribution in [2.75, 3.05) is 32.8 Å². The van der Waals surface area contributed by atoms with E-state index in [0.717, 1.165) is 25.9 Å². The molecule has 3 rings (SSSR count). The van der Waals surface area contributed by atoms with Crippen LogP contribution in [0.5, 0.6) is 0 Å². The van der Waals surface area contributed by atoms with Gasteiger partial charge in [0.2, 0.25) is 0 Å². The number of carbonyl (C=O) groups is 2. The molecule has 0 radical (unpaired) electrons. The molecule has 1 atom stereocenters. The van der Waals surface area contributed by atoms with E-state index < -0.39 is 6.10 Å². The maximum atomic E-state index is 12.7. The molecule has 0 aliphatic carbocycles. The van der Waals surface area contributed by atoms with Gasteiger partial charge in [0.05, 0.1) is 13.2 Å². The maximum absolute atomic E-state index is 12.7. The molecule has 2 saturated heterocycles. The quantitative estimate of drug-likeness (QED) is 0.831. The number of amides is 2. The van der Waals surface area contributed by atoms with Crippen molar-refractivity contribution in [3.05, 3.63) is 18.0 Å². The largest absolute Gasteiger partial charge is 0.365 e. The molecule has 0 aromatic carbocycles. The third-order valence-electron chi connectivity index (χ3n) is 4.78. The number of hydrogen-bond acceptors (Lipinski definition) is 4. The van der Waals surface area contributed by atoms with Crippen LogP contribution in [0.15, 0.2) is 12.3 Å². The van der Waals surface area contributed by atoms with Crippen LogP contribution in [-0.4, -0.2) is 70.3 Å². The minimum atomic E-state index is -0.543. The lowest BCUT2D eigenvalue weighted by Crippen LogP contribution is -2.53. The predicted molar refractivity (Wildman–Crippen MR) is 88.6 cm³/mol. The van der Waals surface area contributed by atoms with Crippen molar-refractivity contribution >= 4 is 11.8 Å². The Balaban J connectivity index is 1.65. The third kappa shape index (κ3) is 3.61. The van der Waals surface area contributed by atoms with Crippen molar-refractivity contribution in [1.29, 1.82) is 0 Å². The van der Waals surface area contributed by atoms with Crippen molar-refractivity contribution in [2.45, 2.75) is 45.3 Å². The number of hydrogen-bond donors (Lipinski definition) is 0.